The Hall–Kier alpha value is -8.15. The van der Waals surface area contributed by atoms with Gasteiger partial charge in [-0.2, -0.15) is 18.4 Å². The van der Waals surface area contributed by atoms with E-state index in [1.807, 2.05) is 110 Å². The van der Waals surface area contributed by atoms with Crippen molar-refractivity contribution in [3.63, 3.8) is 0 Å². The van der Waals surface area contributed by atoms with Gasteiger partial charge in [0.2, 0.25) is 0 Å². The molecule has 0 bridgehead atoms. The molecule has 0 aliphatic heterocycles. The fraction of sp³-hybridized carbons (Fsp3) is 0.0370. The topological polar surface area (TPSA) is 67.4 Å². The van der Waals surface area contributed by atoms with E-state index in [1.165, 1.54) is 12.1 Å². The van der Waals surface area contributed by atoms with Crippen molar-refractivity contribution >= 4 is 21.8 Å². The van der Waals surface area contributed by atoms with Gasteiger partial charge < -0.3 is 4.57 Å². The molecular formula is C54H34F3N5. The Kier molecular flexibility index (Phi) is 9.50. The molecule has 62 heavy (non-hydrogen) atoms. The zero-order chi connectivity index (χ0) is 42.4. The van der Waals surface area contributed by atoms with Crippen LogP contribution in [0, 0.1) is 18.3 Å². The van der Waals surface area contributed by atoms with E-state index < -0.39 is 11.7 Å². The van der Waals surface area contributed by atoms with Gasteiger partial charge in [0.05, 0.1) is 33.9 Å². The second kappa shape index (κ2) is 15.5. The number of nitriles is 1. The Balaban J connectivity index is 1.31. The van der Waals surface area contributed by atoms with E-state index in [0.29, 0.717) is 39.7 Å². The number of alkyl halides is 3. The second-order valence-corrected chi connectivity index (χ2v) is 15.2. The number of fused-ring (bicyclic) bond motifs is 3. The fourth-order valence-electron chi connectivity index (χ4n) is 8.12. The maximum atomic E-state index is 14.1. The quantitative estimate of drug-likeness (QED) is 0.161. The van der Waals surface area contributed by atoms with Gasteiger partial charge in [-0.3, -0.25) is 0 Å². The molecule has 0 saturated heterocycles. The molecule has 2 heterocycles. The Morgan fingerprint density at radius 1 is 0.452 bits per heavy atom. The molecule has 10 aromatic rings. The van der Waals surface area contributed by atoms with E-state index in [0.717, 1.165) is 78.6 Å². The summed E-state index contributed by atoms with van der Waals surface area (Å²) < 4.78 is 44.5. The molecule has 8 aromatic carbocycles. The number of nitrogens with zero attached hydrogens (tertiary/aromatic N) is 5. The largest absolute Gasteiger partial charge is 0.416 e. The zero-order valence-corrected chi connectivity index (χ0v) is 33.3. The van der Waals surface area contributed by atoms with E-state index >= 15 is 0 Å². The lowest BCUT2D eigenvalue weighted by Crippen LogP contribution is -2.05. The highest BCUT2D eigenvalue weighted by molar-refractivity contribution is 6.12. The van der Waals surface area contributed by atoms with Gasteiger partial charge in [-0.1, -0.05) is 139 Å². The van der Waals surface area contributed by atoms with Crippen LogP contribution in [0.25, 0.3) is 95.0 Å². The van der Waals surface area contributed by atoms with Crippen molar-refractivity contribution in [1.29, 1.82) is 5.26 Å². The molecule has 10 rings (SSSR count). The van der Waals surface area contributed by atoms with Crippen molar-refractivity contribution in [1.82, 2.24) is 19.5 Å². The summed E-state index contributed by atoms with van der Waals surface area (Å²) in [5.74, 6) is 1.40. The van der Waals surface area contributed by atoms with Gasteiger partial charge in [-0.05, 0) is 83.8 Å². The minimum Gasteiger partial charge on any atom is -0.308 e. The lowest BCUT2D eigenvalue weighted by atomic mass is 9.91. The SMILES string of the molecule is Cc1ccc(-c2cc(-c3nc(-c4ccccc4)nc(-c4ccccc4)n3)cc(-c3ccc(C(F)(F)F)cc3)c2-n2c3ccccc3c3cc(-c4cccc(C#N)c4)ccc32)cc1. The first kappa shape index (κ1) is 38.1. The standard InChI is InChI=1S/C54H34F3N5/c1-34-19-21-36(22-20-34)45-31-42(53-60-51(38-12-4-2-5-13-38)59-52(61-53)39-14-6-3-7-15-39)32-46(37-23-26-43(27-24-37)54(55,56)57)50(45)62-48-18-9-8-17-44(48)47-30-41(25-28-49(47)62)40-16-10-11-35(29-40)33-58/h2-32H,1H3. The van der Waals surface area contributed by atoms with Gasteiger partial charge in [0.25, 0.3) is 0 Å². The van der Waals surface area contributed by atoms with Crippen LogP contribution < -0.4 is 0 Å². The number of para-hydroxylation sites is 1. The molecule has 0 atom stereocenters. The molecule has 0 radical (unpaired) electrons. The maximum Gasteiger partial charge on any atom is 0.416 e. The predicted molar refractivity (Wildman–Crippen MR) is 241 cm³/mol. The second-order valence-electron chi connectivity index (χ2n) is 15.2. The van der Waals surface area contributed by atoms with Crippen LogP contribution >= 0.6 is 0 Å². The van der Waals surface area contributed by atoms with Crippen LogP contribution in [0.2, 0.25) is 0 Å². The monoisotopic (exact) mass is 809 g/mol. The van der Waals surface area contributed by atoms with Crippen LogP contribution in [-0.2, 0) is 6.18 Å². The van der Waals surface area contributed by atoms with E-state index in [-0.39, 0.29) is 0 Å². The van der Waals surface area contributed by atoms with E-state index in [4.69, 9.17) is 15.0 Å². The van der Waals surface area contributed by atoms with Gasteiger partial charge in [-0.25, -0.2) is 15.0 Å². The van der Waals surface area contributed by atoms with Crippen LogP contribution in [0.1, 0.15) is 16.7 Å². The lowest BCUT2D eigenvalue weighted by molar-refractivity contribution is -0.137. The molecule has 0 fully saturated rings. The summed E-state index contributed by atoms with van der Waals surface area (Å²) in [5.41, 5.74) is 10.7. The predicted octanol–water partition coefficient (Wildman–Crippen LogP) is 14.2. The number of halogens is 3. The van der Waals surface area contributed by atoms with Crippen molar-refractivity contribution in [2.24, 2.45) is 0 Å². The van der Waals surface area contributed by atoms with Crippen LogP contribution in [-0.4, -0.2) is 19.5 Å². The normalized spacial score (nSPS) is 11.5. The Labute approximate surface area is 355 Å². The molecule has 0 aliphatic rings. The first-order valence-electron chi connectivity index (χ1n) is 20.1. The minimum atomic E-state index is -4.51. The summed E-state index contributed by atoms with van der Waals surface area (Å²) in [6.07, 6.45) is -4.51. The molecule has 0 spiro atoms. The molecular weight excluding hydrogens is 776 g/mol. The zero-order valence-electron chi connectivity index (χ0n) is 33.3. The van der Waals surface area contributed by atoms with Gasteiger partial charge in [0.15, 0.2) is 17.5 Å². The van der Waals surface area contributed by atoms with Gasteiger partial charge >= 0.3 is 6.18 Å². The van der Waals surface area contributed by atoms with Crippen LogP contribution in [0.3, 0.4) is 0 Å². The number of rotatable bonds is 7. The summed E-state index contributed by atoms with van der Waals surface area (Å²) in [5, 5.41) is 11.6. The summed E-state index contributed by atoms with van der Waals surface area (Å²) in [7, 11) is 0. The van der Waals surface area contributed by atoms with Crippen molar-refractivity contribution in [2.45, 2.75) is 13.1 Å². The fourth-order valence-corrected chi connectivity index (χ4v) is 8.12. The van der Waals surface area contributed by atoms with Crippen LogP contribution in [0.15, 0.2) is 188 Å². The highest BCUT2D eigenvalue weighted by atomic mass is 19.4. The summed E-state index contributed by atoms with van der Waals surface area (Å²) in [6.45, 7) is 2.03. The Morgan fingerprint density at radius 2 is 0.952 bits per heavy atom. The summed E-state index contributed by atoms with van der Waals surface area (Å²) >= 11 is 0. The van der Waals surface area contributed by atoms with Gasteiger partial charge in [0, 0.05) is 38.6 Å². The smallest absolute Gasteiger partial charge is 0.308 e. The van der Waals surface area contributed by atoms with Crippen molar-refractivity contribution in [2.75, 3.05) is 0 Å². The molecule has 0 aliphatic carbocycles. The highest BCUT2D eigenvalue weighted by Crippen LogP contribution is 2.45. The van der Waals surface area contributed by atoms with Crippen molar-refractivity contribution in [3.8, 4) is 79.3 Å². The molecule has 0 N–H and O–H groups in total. The number of hydrogen-bond donors (Lipinski definition) is 0. The Bertz CT molecular complexity index is 3270. The third kappa shape index (κ3) is 7.06. The van der Waals surface area contributed by atoms with E-state index in [2.05, 4.69) is 65.2 Å². The highest BCUT2D eigenvalue weighted by Gasteiger charge is 2.30. The average molecular weight is 810 g/mol. The van der Waals surface area contributed by atoms with Crippen LogP contribution in [0.4, 0.5) is 13.2 Å². The lowest BCUT2D eigenvalue weighted by Gasteiger charge is -2.21. The summed E-state index contributed by atoms with van der Waals surface area (Å²) in [4.78, 5) is 15.1. The molecule has 0 unspecified atom stereocenters. The van der Waals surface area contributed by atoms with E-state index in [9.17, 15) is 18.4 Å². The number of aryl methyl sites for hydroxylation is 1. The van der Waals surface area contributed by atoms with Gasteiger partial charge in [-0.15, -0.1) is 0 Å². The molecule has 0 amide bonds. The number of benzene rings is 8. The Morgan fingerprint density at radius 3 is 1.55 bits per heavy atom. The minimum absolute atomic E-state index is 0.414. The first-order chi connectivity index (χ1) is 30.2. The molecule has 8 heteroatoms. The number of hydrogen-bond acceptors (Lipinski definition) is 4. The molecule has 2 aromatic heterocycles. The number of aromatic nitrogens is 4. The van der Waals surface area contributed by atoms with Crippen LogP contribution in [0.5, 0.6) is 0 Å². The molecule has 296 valence electrons. The van der Waals surface area contributed by atoms with E-state index in [1.54, 1.807) is 6.07 Å². The maximum absolute atomic E-state index is 14.1. The van der Waals surface area contributed by atoms with Crippen molar-refractivity contribution < 1.29 is 13.2 Å². The molecule has 0 saturated carbocycles. The first-order valence-corrected chi connectivity index (χ1v) is 20.1. The average Bonchev–Trinajstić information content (AvgIpc) is 3.65. The van der Waals surface area contributed by atoms with Gasteiger partial charge in [0.1, 0.15) is 0 Å². The summed E-state index contributed by atoms with van der Waals surface area (Å²) in [6, 6.07) is 61.3. The third-order valence-corrected chi connectivity index (χ3v) is 11.2. The van der Waals surface area contributed by atoms with Crippen molar-refractivity contribution in [3.05, 3.63) is 205 Å². The third-order valence-electron chi connectivity index (χ3n) is 11.2. The molecule has 5 nitrogen and oxygen atoms in total.